The number of hydrogen-bond acceptors (Lipinski definition) is 4. The molecule has 4 nitrogen and oxygen atoms in total. The third-order valence-corrected chi connectivity index (χ3v) is 3.98. The van der Waals surface area contributed by atoms with Crippen molar-refractivity contribution in [1.29, 1.82) is 0 Å². The summed E-state index contributed by atoms with van der Waals surface area (Å²) in [7, 11) is 0. The average molecular weight is 255 g/mol. The van der Waals surface area contributed by atoms with Crippen molar-refractivity contribution in [3.63, 3.8) is 0 Å². The molecule has 1 aromatic rings. The topological polar surface area (TPSA) is 58.6 Å². The maximum atomic E-state index is 10.9. The van der Waals surface area contributed by atoms with Crippen molar-refractivity contribution in [3.05, 3.63) is 21.9 Å². The number of carboxylic acid groups (broad SMARTS) is 1. The van der Waals surface area contributed by atoms with E-state index in [1.807, 2.05) is 11.4 Å². The van der Waals surface area contributed by atoms with Gasteiger partial charge in [0.15, 0.2) is 0 Å². The summed E-state index contributed by atoms with van der Waals surface area (Å²) in [6.07, 6.45) is 2.20. The quantitative estimate of drug-likeness (QED) is 0.844. The minimum absolute atomic E-state index is 0.449. The van der Waals surface area contributed by atoms with Crippen LogP contribution in [-0.4, -0.2) is 30.8 Å². The second-order valence-corrected chi connectivity index (χ2v) is 5.18. The Bertz CT molecular complexity index is 372. The van der Waals surface area contributed by atoms with Gasteiger partial charge in [-0.3, -0.25) is 0 Å². The second-order valence-electron chi connectivity index (χ2n) is 4.27. The average Bonchev–Trinajstić information content (AvgIpc) is 2.79. The zero-order valence-corrected chi connectivity index (χ0v) is 10.5. The minimum Gasteiger partial charge on any atom is -0.477 e. The number of ether oxygens (including phenoxy) is 1. The normalized spacial score (nSPS) is 17.2. The van der Waals surface area contributed by atoms with Gasteiger partial charge >= 0.3 is 5.97 Å². The van der Waals surface area contributed by atoms with E-state index in [1.54, 1.807) is 0 Å². The van der Waals surface area contributed by atoms with Crippen molar-refractivity contribution >= 4 is 17.3 Å². The maximum Gasteiger partial charge on any atom is 0.346 e. The molecule has 1 aromatic heterocycles. The van der Waals surface area contributed by atoms with Crippen LogP contribution in [0.3, 0.4) is 0 Å². The molecule has 94 valence electrons. The van der Waals surface area contributed by atoms with E-state index in [0.717, 1.165) is 38.2 Å². The van der Waals surface area contributed by atoms with Crippen LogP contribution in [0.25, 0.3) is 0 Å². The van der Waals surface area contributed by atoms with Crippen molar-refractivity contribution < 1.29 is 14.6 Å². The van der Waals surface area contributed by atoms with Crippen LogP contribution in [0, 0.1) is 5.92 Å². The molecule has 0 bridgehead atoms. The molecule has 17 heavy (non-hydrogen) atoms. The van der Waals surface area contributed by atoms with Crippen LogP contribution in [0.1, 0.15) is 28.1 Å². The monoisotopic (exact) mass is 255 g/mol. The molecular weight excluding hydrogens is 238 g/mol. The highest BCUT2D eigenvalue weighted by Crippen LogP contribution is 2.17. The number of rotatable bonds is 5. The van der Waals surface area contributed by atoms with Crippen molar-refractivity contribution in [3.8, 4) is 0 Å². The molecule has 1 aliphatic heterocycles. The molecule has 0 radical (unpaired) electrons. The number of carboxylic acids is 1. The van der Waals surface area contributed by atoms with Crippen molar-refractivity contribution in [2.24, 2.45) is 5.92 Å². The lowest BCUT2D eigenvalue weighted by Crippen LogP contribution is -2.27. The predicted octanol–water partition coefficient (Wildman–Crippen LogP) is 1.96. The van der Waals surface area contributed by atoms with E-state index >= 15 is 0 Å². The molecule has 2 rings (SSSR count). The molecule has 1 saturated heterocycles. The van der Waals surface area contributed by atoms with Crippen LogP contribution in [-0.2, 0) is 11.3 Å². The second kappa shape index (κ2) is 6.14. The van der Waals surface area contributed by atoms with Crippen LogP contribution in [0.2, 0.25) is 0 Å². The van der Waals surface area contributed by atoms with Gasteiger partial charge in [0, 0.05) is 19.8 Å². The SMILES string of the molecule is O=C(O)c1sccc1CNCC1CCOCC1. The van der Waals surface area contributed by atoms with E-state index in [-0.39, 0.29) is 0 Å². The van der Waals surface area contributed by atoms with Gasteiger partial charge in [0.1, 0.15) is 4.88 Å². The summed E-state index contributed by atoms with van der Waals surface area (Å²) >= 11 is 1.28. The molecular formula is C12H17NO3S. The Labute approximate surface area is 105 Å². The lowest BCUT2D eigenvalue weighted by atomic mass is 10.0. The maximum absolute atomic E-state index is 10.9. The molecule has 5 heteroatoms. The highest BCUT2D eigenvalue weighted by molar-refractivity contribution is 7.12. The van der Waals surface area contributed by atoms with E-state index in [9.17, 15) is 4.79 Å². The number of thiophene rings is 1. The van der Waals surface area contributed by atoms with Gasteiger partial charge in [0.25, 0.3) is 0 Å². The van der Waals surface area contributed by atoms with Crippen molar-refractivity contribution in [2.45, 2.75) is 19.4 Å². The Kier molecular flexibility index (Phi) is 4.53. The van der Waals surface area contributed by atoms with E-state index < -0.39 is 5.97 Å². The molecule has 0 aliphatic carbocycles. The molecule has 1 fully saturated rings. The molecule has 0 saturated carbocycles. The Morgan fingerprint density at radius 2 is 2.29 bits per heavy atom. The summed E-state index contributed by atoms with van der Waals surface area (Å²) in [5.74, 6) is -0.168. The molecule has 0 amide bonds. The highest BCUT2D eigenvalue weighted by Gasteiger charge is 2.14. The Hall–Kier alpha value is -0.910. The minimum atomic E-state index is -0.831. The number of nitrogens with one attached hydrogen (secondary N) is 1. The van der Waals surface area contributed by atoms with Crippen LogP contribution in [0.15, 0.2) is 11.4 Å². The molecule has 2 heterocycles. The van der Waals surface area contributed by atoms with Gasteiger partial charge in [-0.25, -0.2) is 4.79 Å². The summed E-state index contributed by atoms with van der Waals surface area (Å²) in [6, 6.07) is 1.88. The Morgan fingerprint density at radius 1 is 1.53 bits per heavy atom. The largest absolute Gasteiger partial charge is 0.477 e. The smallest absolute Gasteiger partial charge is 0.346 e. The van der Waals surface area contributed by atoms with Gasteiger partial charge < -0.3 is 15.2 Å². The third kappa shape index (κ3) is 3.52. The fourth-order valence-corrected chi connectivity index (χ4v) is 2.78. The van der Waals surface area contributed by atoms with E-state index in [4.69, 9.17) is 9.84 Å². The lowest BCUT2D eigenvalue weighted by Gasteiger charge is -2.22. The standard InChI is InChI=1S/C12H17NO3S/c14-12(15)11-10(3-6-17-11)8-13-7-9-1-4-16-5-2-9/h3,6,9,13H,1-2,4-5,7-8H2,(H,14,15). The first-order valence-electron chi connectivity index (χ1n) is 5.85. The van der Waals surface area contributed by atoms with Gasteiger partial charge in [-0.2, -0.15) is 0 Å². The third-order valence-electron chi connectivity index (χ3n) is 3.03. The van der Waals surface area contributed by atoms with Crippen LogP contribution >= 0.6 is 11.3 Å². The summed E-state index contributed by atoms with van der Waals surface area (Å²) in [5, 5.41) is 14.1. The van der Waals surface area contributed by atoms with Crippen LogP contribution in [0.4, 0.5) is 0 Å². The molecule has 0 spiro atoms. The summed E-state index contributed by atoms with van der Waals surface area (Å²) in [4.78, 5) is 11.4. The predicted molar refractivity (Wildman–Crippen MR) is 66.5 cm³/mol. The molecule has 1 aliphatic rings. The summed E-state index contributed by atoms with van der Waals surface area (Å²) in [6.45, 7) is 3.29. The van der Waals surface area contributed by atoms with Gasteiger partial charge in [-0.05, 0) is 42.3 Å². The first-order chi connectivity index (χ1) is 8.27. The van der Waals surface area contributed by atoms with Gasteiger partial charge in [-0.15, -0.1) is 11.3 Å². The number of aromatic carboxylic acids is 1. The fourth-order valence-electron chi connectivity index (χ4n) is 2.02. The summed E-state index contributed by atoms with van der Waals surface area (Å²) < 4.78 is 5.30. The van der Waals surface area contributed by atoms with E-state index in [2.05, 4.69) is 5.32 Å². The van der Waals surface area contributed by atoms with Gasteiger partial charge in [0.2, 0.25) is 0 Å². The first kappa shape index (κ1) is 12.5. The fraction of sp³-hybridized carbons (Fsp3) is 0.583. The zero-order chi connectivity index (χ0) is 12.1. The molecule has 0 aromatic carbocycles. The van der Waals surface area contributed by atoms with Crippen molar-refractivity contribution in [2.75, 3.05) is 19.8 Å². The van der Waals surface area contributed by atoms with Crippen molar-refractivity contribution in [1.82, 2.24) is 5.32 Å². The number of hydrogen-bond donors (Lipinski definition) is 2. The van der Waals surface area contributed by atoms with Crippen LogP contribution in [0.5, 0.6) is 0 Å². The Morgan fingerprint density at radius 3 is 3.00 bits per heavy atom. The lowest BCUT2D eigenvalue weighted by molar-refractivity contribution is 0.0662. The van der Waals surface area contributed by atoms with Crippen LogP contribution < -0.4 is 5.32 Å². The Balaban J connectivity index is 1.77. The molecule has 2 N–H and O–H groups in total. The van der Waals surface area contributed by atoms with E-state index in [0.29, 0.717) is 17.3 Å². The molecule has 0 unspecified atom stereocenters. The molecule has 0 atom stereocenters. The summed E-state index contributed by atoms with van der Waals surface area (Å²) in [5.41, 5.74) is 0.884. The van der Waals surface area contributed by atoms with Gasteiger partial charge in [0.05, 0.1) is 0 Å². The number of carbonyl (C=O) groups is 1. The van der Waals surface area contributed by atoms with Gasteiger partial charge in [-0.1, -0.05) is 0 Å². The highest BCUT2D eigenvalue weighted by atomic mass is 32.1. The van der Waals surface area contributed by atoms with E-state index in [1.165, 1.54) is 11.3 Å². The first-order valence-corrected chi connectivity index (χ1v) is 6.73. The zero-order valence-electron chi connectivity index (χ0n) is 9.65.